The van der Waals surface area contributed by atoms with Crippen LogP contribution in [0.1, 0.15) is 19.3 Å². The Labute approximate surface area is 111 Å². The topological polar surface area (TPSA) is 65.1 Å². The fourth-order valence-electron chi connectivity index (χ4n) is 2.93. The lowest BCUT2D eigenvalue weighted by molar-refractivity contribution is 0.222. The number of benzene rings is 1. The predicted octanol–water partition coefficient (Wildman–Crippen LogP) is 2.10. The molecule has 1 aliphatic rings. The number of hydrogen-bond donors (Lipinski definition) is 3. The molecule has 0 amide bonds. The van der Waals surface area contributed by atoms with E-state index in [1.54, 1.807) is 0 Å². The highest BCUT2D eigenvalue weighted by Crippen LogP contribution is 2.27. The highest BCUT2D eigenvalue weighted by Gasteiger charge is 2.26. The van der Waals surface area contributed by atoms with E-state index in [1.807, 2.05) is 30.3 Å². The Morgan fingerprint density at radius 2 is 2.16 bits per heavy atom. The third-order valence-corrected chi connectivity index (χ3v) is 3.99. The minimum absolute atomic E-state index is 0.0702. The van der Waals surface area contributed by atoms with Gasteiger partial charge >= 0.3 is 0 Å². The second-order valence-corrected chi connectivity index (χ2v) is 5.22. The first-order valence-electron chi connectivity index (χ1n) is 6.77. The van der Waals surface area contributed by atoms with E-state index in [4.69, 9.17) is 0 Å². The molecule has 1 fully saturated rings. The van der Waals surface area contributed by atoms with Gasteiger partial charge in [0, 0.05) is 24.0 Å². The SMILES string of the molecule is O=c1[nH]c(NC2CCCC2CO)cc2ccccc12. The lowest BCUT2D eigenvalue weighted by atomic mass is 10.1. The molecule has 0 bridgehead atoms. The van der Waals surface area contributed by atoms with Gasteiger partial charge in [0.2, 0.25) is 0 Å². The van der Waals surface area contributed by atoms with Crippen LogP contribution in [0.5, 0.6) is 0 Å². The Balaban J connectivity index is 1.91. The maximum atomic E-state index is 12.0. The minimum Gasteiger partial charge on any atom is -0.396 e. The number of anilines is 1. The Hall–Kier alpha value is -1.81. The first kappa shape index (κ1) is 12.2. The van der Waals surface area contributed by atoms with E-state index in [9.17, 15) is 9.90 Å². The smallest absolute Gasteiger partial charge is 0.257 e. The summed E-state index contributed by atoms with van der Waals surface area (Å²) in [6, 6.07) is 9.77. The van der Waals surface area contributed by atoms with Gasteiger partial charge in [0.25, 0.3) is 5.56 Å². The minimum atomic E-state index is -0.0702. The molecule has 100 valence electrons. The third-order valence-electron chi connectivity index (χ3n) is 3.99. The number of H-pyrrole nitrogens is 1. The summed E-state index contributed by atoms with van der Waals surface area (Å²) in [5.74, 6) is 1.03. The first-order chi connectivity index (χ1) is 9.28. The average molecular weight is 258 g/mol. The van der Waals surface area contributed by atoms with Crippen LogP contribution in [0.15, 0.2) is 35.1 Å². The quantitative estimate of drug-likeness (QED) is 0.790. The van der Waals surface area contributed by atoms with Crippen LogP contribution in [-0.2, 0) is 0 Å². The van der Waals surface area contributed by atoms with Gasteiger partial charge in [-0.15, -0.1) is 0 Å². The highest BCUT2D eigenvalue weighted by atomic mass is 16.3. The standard InChI is InChI=1S/C15H18N2O2/c18-9-11-5-3-7-13(11)16-14-8-10-4-1-2-6-12(10)15(19)17-14/h1-2,4,6,8,11,13,18H,3,5,7,9H2,(H2,16,17,19). The molecule has 1 aromatic carbocycles. The lowest BCUT2D eigenvalue weighted by Crippen LogP contribution is -2.27. The Morgan fingerprint density at radius 1 is 1.32 bits per heavy atom. The summed E-state index contributed by atoms with van der Waals surface area (Å²) in [4.78, 5) is 14.9. The van der Waals surface area contributed by atoms with Crippen LogP contribution in [0.4, 0.5) is 5.82 Å². The molecule has 0 radical (unpaired) electrons. The molecule has 3 N–H and O–H groups in total. The van der Waals surface area contributed by atoms with E-state index >= 15 is 0 Å². The zero-order valence-corrected chi connectivity index (χ0v) is 10.7. The number of fused-ring (bicyclic) bond motifs is 1. The lowest BCUT2D eigenvalue weighted by Gasteiger charge is -2.20. The van der Waals surface area contributed by atoms with E-state index in [-0.39, 0.29) is 24.1 Å². The Kier molecular flexibility index (Phi) is 3.25. The summed E-state index contributed by atoms with van der Waals surface area (Å²) in [6.07, 6.45) is 3.22. The van der Waals surface area contributed by atoms with E-state index in [0.29, 0.717) is 5.39 Å². The van der Waals surface area contributed by atoms with Crippen LogP contribution in [0.2, 0.25) is 0 Å². The summed E-state index contributed by atoms with van der Waals surface area (Å²) in [6.45, 7) is 0.204. The van der Waals surface area contributed by atoms with Gasteiger partial charge in [-0.05, 0) is 30.4 Å². The van der Waals surface area contributed by atoms with Crippen LogP contribution in [0, 0.1) is 5.92 Å². The van der Waals surface area contributed by atoms with Crippen molar-refractivity contribution in [2.75, 3.05) is 11.9 Å². The van der Waals surface area contributed by atoms with Crippen molar-refractivity contribution < 1.29 is 5.11 Å². The second kappa shape index (κ2) is 5.05. The fourth-order valence-corrected chi connectivity index (χ4v) is 2.93. The molecule has 0 spiro atoms. The van der Waals surface area contributed by atoms with Crippen molar-refractivity contribution in [1.82, 2.24) is 4.98 Å². The maximum absolute atomic E-state index is 12.0. The van der Waals surface area contributed by atoms with E-state index < -0.39 is 0 Å². The van der Waals surface area contributed by atoms with Gasteiger partial charge in [0.1, 0.15) is 5.82 Å². The largest absolute Gasteiger partial charge is 0.396 e. The van der Waals surface area contributed by atoms with Crippen molar-refractivity contribution in [1.29, 1.82) is 0 Å². The molecule has 0 saturated heterocycles. The Morgan fingerprint density at radius 3 is 3.00 bits per heavy atom. The maximum Gasteiger partial charge on any atom is 0.257 e. The van der Waals surface area contributed by atoms with Crippen LogP contribution in [0.25, 0.3) is 10.8 Å². The van der Waals surface area contributed by atoms with Crippen molar-refractivity contribution in [2.45, 2.75) is 25.3 Å². The fraction of sp³-hybridized carbons (Fsp3) is 0.400. The van der Waals surface area contributed by atoms with Crippen molar-refractivity contribution in [2.24, 2.45) is 5.92 Å². The van der Waals surface area contributed by atoms with Gasteiger partial charge in [-0.1, -0.05) is 24.6 Å². The summed E-state index contributed by atoms with van der Waals surface area (Å²) in [5, 5.41) is 14.3. The van der Waals surface area contributed by atoms with E-state index in [1.165, 1.54) is 0 Å². The predicted molar refractivity (Wildman–Crippen MR) is 76.4 cm³/mol. The molecule has 0 aliphatic heterocycles. The van der Waals surface area contributed by atoms with Crippen LogP contribution < -0.4 is 10.9 Å². The molecular formula is C15H18N2O2. The molecule has 2 atom stereocenters. The molecule has 1 aromatic heterocycles. The second-order valence-electron chi connectivity index (χ2n) is 5.22. The summed E-state index contributed by atoms with van der Waals surface area (Å²) in [5.41, 5.74) is -0.0702. The van der Waals surface area contributed by atoms with Crippen molar-refractivity contribution in [3.63, 3.8) is 0 Å². The zero-order valence-electron chi connectivity index (χ0n) is 10.7. The molecule has 2 unspecified atom stereocenters. The van der Waals surface area contributed by atoms with Crippen LogP contribution in [-0.4, -0.2) is 22.7 Å². The number of aliphatic hydroxyl groups excluding tert-OH is 1. The average Bonchev–Trinajstić information content (AvgIpc) is 2.86. The normalized spacial score (nSPS) is 22.8. The zero-order chi connectivity index (χ0) is 13.2. The van der Waals surface area contributed by atoms with Crippen LogP contribution >= 0.6 is 0 Å². The van der Waals surface area contributed by atoms with E-state index in [2.05, 4.69) is 10.3 Å². The van der Waals surface area contributed by atoms with E-state index in [0.717, 1.165) is 30.5 Å². The van der Waals surface area contributed by atoms with Crippen molar-refractivity contribution in [3.8, 4) is 0 Å². The number of aliphatic hydroxyl groups is 1. The van der Waals surface area contributed by atoms with Gasteiger partial charge in [-0.25, -0.2) is 0 Å². The van der Waals surface area contributed by atoms with Gasteiger partial charge in [0.15, 0.2) is 0 Å². The first-order valence-corrected chi connectivity index (χ1v) is 6.77. The molecular weight excluding hydrogens is 240 g/mol. The van der Waals surface area contributed by atoms with Gasteiger partial charge in [0.05, 0.1) is 0 Å². The van der Waals surface area contributed by atoms with Crippen LogP contribution in [0.3, 0.4) is 0 Å². The summed E-state index contributed by atoms with van der Waals surface area (Å²) >= 11 is 0. The number of nitrogens with one attached hydrogen (secondary N) is 2. The Bertz CT molecular complexity index is 635. The number of aromatic nitrogens is 1. The summed E-state index contributed by atoms with van der Waals surface area (Å²) < 4.78 is 0. The molecule has 1 heterocycles. The molecule has 2 aromatic rings. The van der Waals surface area contributed by atoms with Gasteiger partial charge in [-0.2, -0.15) is 0 Å². The third kappa shape index (κ3) is 2.36. The molecule has 4 heteroatoms. The molecule has 4 nitrogen and oxygen atoms in total. The number of hydrogen-bond acceptors (Lipinski definition) is 3. The molecule has 19 heavy (non-hydrogen) atoms. The summed E-state index contributed by atoms with van der Waals surface area (Å²) in [7, 11) is 0. The van der Waals surface area contributed by atoms with Gasteiger partial charge < -0.3 is 15.4 Å². The monoisotopic (exact) mass is 258 g/mol. The molecule has 3 rings (SSSR count). The highest BCUT2D eigenvalue weighted by molar-refractivity contribution is 5.83. The number of aromatic amines is 1. The number of pyridine rings is 1. The molecule has 1 saturated carbocycles. The van der Waals surface area contributed by atoms with Gasteiger partial charge in [-0.3, -0.25) is 4.79 Å². The molecule has 1 aliphatic carbocycles. The van der Waals surface area contributed by atoms with Crippen molar-refractivity contribution >= 4 is 16.6 Å². The number of rotatable bonds is 3. The van der Waals surface area contributed by atoms with Crippen molar-refractivity contribution in [3.05, 3.63) is 40.7 Å².